The number of hydrogen-bond acceptors (Lipinski definition) is 4. The number of carbonyl (C=O) groups is 1. The Hall–Kier alpha value is -0.770. The van der Waals surface area contributed by atoms with Crippen LogP contribution in [-0.4, -0.2) is 15.4 Å². The normalized spacial score (nSPS) is 29.9. The quantitative estimate of drug-likeness (QED) is 0.764. The van der Waals surface area contributed by atoms with E-state index >= 15 is 0 Å². The molecule has 0 saturated heterocycles. The molecule has 2 aliphatic carbocycles. The highest BCUT2D eigenvalue weighted by atomic mass is 32.1. The number of nitrogens with zero attached hydrogens (tertiary/aromatic N) is 2. The van der Waals surface area contributed by atoms with Gasteiger partial charge >= 0.3 is 0 Å². The first-order valence-corrected chi connectivity index (χ1v) is 7.89. The topological polar surface area (TPSA) is 42.9 Å². The number of carbonyl (C=O) groups excluding carboxylic acids is 1. The van der Waals surface area contributed by atoms with E-state index in [0.29, 0.717) is 11.7 Å². The van der Waals surface area contributed by atoms with Gasteiger partial charge in [-0.15, -0.1) is 5.10 Å². The molecule has 0 aromatic carbocycles. The SMILES string of the molecule is CCCc1nnsc1C(=O)CC1CC2CCC1C2. The lowest BCUT2D eigenvalue weighted by atomic mass is 9.85. The standard InChI is InChI=1S/C14H20N2OS/c1-2-3-12-14(18-16-15-12)13(17)8-11-7-9-4-5-10(11)6-9/h9-11H,2-8H2,1H3. The van der Waals surface area contributed by atoms with E-state index < -0.39 is 0 Å². The Morgan fingerprint density at radius 2 is 2.28 bits per heavy atom. The van der Waals surface area contributed by atoms with Gasteiger partial charge in [0, 0.05) is 6.42 Å². The summed E-state index contributed by atoms with van der Waals surface area (Å²) in [5.41, 5.74) is 0.927. The Kier molecular flexibility index (Phi) is 3.46. The zero-order chi connectivity index (χ0) is 12.5. The molecule has 1 aromatic heterocycles. The summed E-state index contributed by atoms with van der Waals surface area (Å²) in [5.74, 6) is 2.69. The molecule has 0 radical (unpaired) electrons. The van der Waals surface area contributed by atoms with Crippen molar-refractivity contribution >= 4 is 17.3 Å². The van der Waals surface area contributed by atoms with Crippen LogP contribution >= 0.6 is 11.5 Å². The molecule has 2 fully saturated rings. The van der Waals surface area contributed by atoms with Crippen molar-refractivity contribution in [3.8, 4) is 0 Å². The van der Waals surface area contributed by atoms with Crippen molar-refractivity contribution in [3.63, 3.8) is 0 Å². The maximum Gasteiger partial charge on any atom is 0.176 e. The third-order valence-electron chi connectivity index (χ3n) is 4.63. The van der Waals surface area contributed by atoms with Crippen molar-refractivity contribution < 1.29 is 4.79 Å². The second kappa shape index (κ2) is 5.08. The number of rotatable bonds is 5. The molecule has 2 saturated carbocycles. The summed E-state index contributed by atoms with van der Waals surface area (Å²) >= 11 is 1.29. The van der Waals surface area contributed by atoms with Gasteiger partial charge in [-0.05, 0) is 55.0 Å². The fraction of sp³-hybridized carbons (Fsp3) is 0.786. The number of hydrogen-bond donors (Lipinski definition) is 0. The van der Waals surface area contributed by atoms with E-state index in [1.807, 2.05) is 0 Å². The molecule has 0 amide bonds. The average Bonchev–Trinajstić information content (AvgIpc) is 3.04. The minimum absolute atomic E-state index is 0.297. The fourth-order valence-electron chi connectivity index (χ4n) is 3.78. The molecular formula is C14H20N2OS. The van der Waals surface area contributed by atoms with E-state index in [1.165, 1.54) is 37.2 Å². The van der Waals surface area contributed by atoms with Crippen LogP contribution in [0.3, 0.4) is 0 Å². The second-order valence-electron chi connectivity index (χ2n) is 5.86. The summed E-state index contributed by atoms with van der Waals surface area (Å²) in [5, 5.41) is 4.10. The molecule has 0 N–H and O–H groups in total. The molecule has 2 bridgehead atoms. The Balaban J connectivity index is 1.66. The number of fused-ring (bicyclic) bond motifs is 2. The molecular weight excluding hydrogens is 244 g/mol. The zero-order valence-electron chi connectivity index (χ0n) is 10.9. The zero-order valence-corrected chi connectivity index (χ0v) is 11.7. The van der Waals surface area contributed by atoms with Gasteiger partial charge in [-0.2, -0.15) is 0 Å². The van der Waals surface area contributed by atoms with E-state index in [2.05, 4.69) is 16.5 Å². The maximum absolute atomic E-state index is 12.4. The first kappa shape index (κ1) is 12.3. The van der Waals surface area contributed by atoms with Crippen molar-refractivity contribution in [2.45, 2.75) is 51.9 Å². The van der Waals surface area contributed by atoms with Crippen LogP contribution in [0.15, 0.2) is 0 Å². The van der Waals surface area contributed by atoms with Gasteiger partial charge in [0.15, 0.2) is 5.78 Å². The first-order chi connectivity index (χ1) is 8.78. The number of ketones is 1. The Bertz CT molecular complexity index is 443. The number of aryl methyl sites for hydroxylation is 1. The predicted molar refractivity (Wildman–Crippen MR) is 71.8 cm³/mol. The monoisotopic (exact) mass is 264 g/mol. The van der Waals surface area contributed by atoms with Crippen LogP contribution in [0, 0.1) is 17.8 Å². The maximum atomic E-state index is 12.4. The van der Waals surface area contributed by atoms with E-state index in [-0.39, 0.29) is 0 Å². The summed E-state index contributed by atoms with van der Waals surface area (Å²) in [6, 6.07) is 0. The van der Waals surface area contributed by atoms with Crippen LogP contribution in [-0.2, 0) is 6.42 Å². The highest BCUT2D eigenvalue weighted by molar-refractivity contribution is 7.08. The van der Waals surface area contributed by atoms with Crippen LogP contribution in [0.4, 0.5) is 0 Å². The van der Waals surface area contributed by atoms with Gasteiger partial charge in [0.05, 0.1) is 5.69 Å². The van der Waals surface area contributed by atoms with E-state index in [4.69, 9.17) is 0 Å². The molecule has 1 aromatic rings. The number of aromatic nitrogens is 2. The molecule has 3 atom stereocenters. The molecule has 3 nitrogen and oxygen atoms in total. The van der Waals surface area contributed by atoms with Gasteiger partial charge in [-0.3, -0.25) is 4.79 Å². The fourth-order valence-corrected chi connectivity index (χ4v) is 4.43. The summed E-state index contributed by atoms with van der Waals surface area (Å²) < 4.78 is 3.96. The molecule has 1 heterocycles. The average molecular weight is 264 g/mol. The summed E-state index contributed by atoms with van der Waals surface area (Å²) in [7, 11) is 0. The van der Waals surface area contributed by atoms with Gasteiger partial charge in [-0.25, -0.2) is 0 Å². The third-order valence-corrected chi connectivity index (χ3v) is 5.44. The highest BCUT2D eigenvalue weighted by Crippen LogP contribution is 2.49. The minimum atomic E-state index is 0.297. The molecule has 2 aliphatic rings. The Labute approximate surface area is 112 Å². The minimum Gasteiger partial charge on any atom is -0.293 e. The summed E-state index contributed by atoms with van der Waals surface area (Å²) in [4.78, 5) is 13.2. The van der Waals surface area contributed by atoms with Crippen LogP contribution < -0.4 is 0 Å². The molecule has 3 rings (SSSR count). The molecule has 98 valence electrons. The van der Waals surface area contributed by atoms with Gasteiger partial charge in [0.1, 0.15) is 4.88 Å². The lowest BCUT2D eigenvalue weighted by molar-refractivity contribution is 0.0947. The van der Waals surface area contributed by atoms with Gasteiger partial charge < -0.3 is 0 Å². The molecule has 18 heavy (non-hydrogen) atoms. The van der Waals surface area contributed by atoms with Crippen LogP contribution in [0.5, 0.6) is 0 Å². The van der Waals surface area contributed by atoms with Crippen molar-refractivity contribution in [1.29, 1.82) is 0 Å². The van der Waals surface area contributed by atoms with E-state index in [1.54, 1.807) is 0 Å². The summed E-state index contributed by atoms with van der Waals surface area (Å²) in [6.07, 6.45) is 8.06. The molecule has 3 unspecified atom stereocenters. The highest BCUT2D eigenvalue weighted by Gasteiger charge is 2.40. The van der Waals surface area contributed by atoms with Crippen LogP contribution in [0.25, 0.3) is 0 Å². The van der Waals surface area contributed by atoms with Crippen molar-refractivity contribution in [2.75, 3.05) is 0 Å². The smallest absolute Gasteiger partial charge is 0.176 e. The molecule has 0 aliphatic heterocycles. The first-order valence-electron chi connectivity index (χ1n) is 7.12. The number of Topliss-reactive ketones (excluding diaryl/α,β-unsaturated/α-hetero) is 1. The lowest BCUT2D eigenvalue weighted by Crippen LogP contribution is -2.15. The largest absolute Gasteiger partial charge is 0.293 e. The van der Waals surface area contributed by atoms with Gasteiger partial charge in [0.25, 0.3) is 0 Å². The van der Waals surface area contributed by atoms with Crippen molar-refractivity contribution in [3.05, 3.63) is 10.6 Å². The van der Waals surface area contributed by atoms with Crippen LogP contribution in [0.2, 0.25) is 0 Å². The Morgan fingerprint density at radius 3 is 2.94 bits per heavy atom. The van der Waals surface area contributed by atoms with Gasteiger partial charge in [-0.1, -0.05) is 24.3 Å². The third kappa shape index (κ3) is 2.22. The van der Waals surface area contributed by atoms with Crippen molar-refractivity contribution in [2.24, 2.45) is 17.8 Å². The van der Waals surface area contributed by atoms with Crippen LogP contribution in [0.1, 0.15) is 60.8 Å². The van der Waals surface area contributed by atoms with E-state index in [0.717, 1.165) is 41.7 Å². The van der Waals surface area contributed by atoms with E-state index in [9.17, 15) is 4.79 Å². The second-order valence-corrected chi connectivity index (χ2v) is 6.62. The van der Waals surface area contributed by atoms with Gasteiger partial charge in [0.2, 0.25) is 0 Å². The lowest BCUT2D eigenvalue weighted by Gasteiger charge is -2.20. The summed E-state index contributed by atoms with van der Waals surface area (Å²) in [6.45, 7) is 2.11. The predicted octanol–water partition coefficient (Wildman–Crippen LogP) is 3.50. The molecule has 4 heteroatoms. The Morgan fingerprint density at radius 1 is 1.39 bits per heavy atom. The van der Waals surface area contributed by atoms with Crippen molar-refractivity contribution in [1.82, 2.24) is 9.59 Å². The molecule has 0 spiro atoms.